The first-order chi connectivity index (χ1) is 8.19. The van der Waals surface area contributed by atoms with Crippen LogP contribution >= 0.6 is 12.2 Å². The summed E-state index contributed by atoms with van der Waals surface area (Å²) < 4.78 is 5.18. The first-order valence-electron chi connectivity index (χ1n) is 5.59. The van der Waals surface area contributed by atoms with Crippen molar-refractivity contribution in [3.63, 3.8) is 0 Å². The Kier molecular flexibility index (Phi) is 4.29. The van der Waals surface area contributed by atoms with Crippen LogP contribution in [0.3, 0.4) is 0 Å². The Hall–Kier alpha value is -1.62. The molecule has 0 aliphatic carbocycles. The van der Waals surface area contributed by atoms with Crippen LogP contribution in [0.4, 0.5) is 10.5 Å². The minimum absolute atomic E-state index is 0.294. The van der Waals surface area contributed by atoms with Crippen LogP contribution in [0, 0.1) is 6.92 Å². The summed E-state index contributed by atoms with van der Waals surface area (Å²) in [5.41, 5.74) is 7.30. The number of rotatable bonds is 2. The van der Waals surface area contributed by atoms with Crippen LogP contribution in [0.5, 0.6) is 0 Å². The molecule has 5 heteroatoms. The van der Waals surface area contributed by atoms with Crippen molar-refractivity contribution in [2.24, 2.45) is 5.73 Å². The maximum atomic E-state index is 11.7. The van der Waals surface area contributed by atoms with Gasteiger partial charge in [-0.1, -0.05) is 24.4 Å². The number of nitrogens with one attached hydrogen (secondary N) is 1. The normalized spacial score (nSPS) is 10.9. The summed E-state index contributed by atoms with van der Waals surface area (Å²) >= 11 is 4.90. The second-order valence-corrected chi connectivity index (χ2v) is 5.46. The van der Waals surface area contributed by atoms with Crippen molar-refractivity contribution < 1.29 is 9.53 Å². The van der Waals surface area contributed by atoms with Crippen molar-refractivity contribution in [3.05, 3.63) is 29.3 Å². The molecule has 0 aliphatic heterocycles. The van der Waals surface area contributed by atoms with E-state index in [0.717, 1.165) is 5.56 Å². The molecule has 0 unspecified atom stereocenters. The summed E-state index contributed by atoms with van der Waals surface area (Å²) in [6.45, 7) is 7.32. The van der Waals surface area contributed by atoms with Gasteiger partial charge in [0.15, 0.2) is 0 Å². The monoisotopic (exact) mass is 266 g/mol. The number of hydrogen-bond donors (Lipinski definition) is 2. The Morgan fingerprint density at radius 1 is 1.39 bits per heavy atom. The molecule has 0 saturated carbocycles. The molecule has 0 aromatic heterocycles. The van der Waals surface area contributed by atoms with Gasteiger partial charge in [-0.2, -0.15) is 0 Å². The molecule has 18 heavy (non-hydrogen) atoms. The van der Waals surface area contributed by atoms with Gasteiger partial charge in [0.2, 0.25) is 0 Å². The zero-order valence-electron chi connectivity index (χ0n) is 11.0. The third-order valence-corrected chi connectivity index (χ3v) is 2.39. The second-order valence-electron chi connectivity index (χ2n) is 5.02. The predicted molar refractivity (Wildman–Crippen MR) is 76.9 cm³/mol. The zero-order chi connectivity index (χ0) is 13.9. The van der Waals surface area contributed by atoms with Gasteiger partial charge in [-0.05, 0) is 39.3 Å². The molecule has 0 fully saturated rings. The van der Waals surface area contributed by atoms with Crippen molar-refractivity contribution in [1.29, 1.82) is 0 Å². The summed E-state index contributed by atoms with van der Waals surface area (Å²) in [5.74, 6) is 0. The Morgan fingerprint density at radius 3 is 2.50 bits per heavy atom. The van der Waals surface area contributed by atoms with E-state index < -0.39 is 11.7 Å². The number of hydrogen-bond acceptors (Lipinski definition) is 3. The molecule has 1 rings (SSSR count). The maximum Gasteiger partial charge on any atom is 0.412 e. The van der Waals surface area contributed by atoms with Gasteiger partial charge in [0.05, 0.1) is 0 Å². The molecule has 0 bridgehead atoms. The van der Waals surface area contributed by atoms with Gasteiger partial charge in [0.1, 0.15) is 10.6 Å². The van der Waals surface area contributed by atoms with Crippen LogP contribution in [0.1, 0.15) is 31.9 Å². The third kappa shape index (κ3) is 4.33. The van der Waals surface area contributed by atoms with Gasteiger partial charge in [0.25, 0.3) is 0 Å². The molecule has 0 aliphatic rings. The summed E-state index contributed by atoms with van der Waals surface area (Å²) in [6, 6.07) is 5.40. The van der Waals surface area contributed by atoms with E-state index in [9.17, 15) is 4.79 Å². The number of carbonyl (C=O) groups is 1. The van der Waals surface area contributed by atoms with Crippen LogP contribution in [0.15, 0.2) is 18.2 Å². The van der Waals surface area contributed by atoms with Crippen LogP contribution in [0.25, 0.3) is 0 Å². The predicted octanol–water partition coefficient (Wildman–Crippen LogP) is 2.98. The lowest BCUT2D eigenvalue weighted by Gasteiger charge is -2.20. The van der Waals surface area contributed by atoms with E-state index >= 15 is 0 Å². The minimum Gasteiger partial charge on any atom is -0.444 e. The Balaban J connectivity index is 2.87. The van der Waals surface area contributed by atoms with Gasteiger partial charge in [0, 0.05) is 11.3 Å². The van der Waals surface area contributed by atoms with Crippen molar-refractivity contribution in [2.45, 2.75) is 33.3 Å². The second kappa shape index (κ2) is 5.35. The number of ether oxygens (including phenoxy) is 1. The molecule has 0 spiro atoms. The number of nitrogens with two attached hydrogens (primary N) is 1. The van der Waals surface area contributed by atoms with Crippen molar-refractivity contribution >= 4 is 29.0 Å². The van der Waals surface area contributed by atoms with Crippen LogP contribution in [-0.2, 0) is 4.74 Å². The molecule has 3 N–H and O–H groups in total. The molecule has 4 nitrogen and oxygen atoms in total. The fourth-order valence-corrected chi connectivity index (χ4v) is 1.45. The molecule has 98 valence electrons. The Morgan fingerprint density at radius 2 is 2.00 bits per heavy atom. The summed E-state index contributed by atoms with van der Waals surface area (Å²) in [4.78, 5) is 12.0. The lowest BCUT2D eigenvalue weighted by Crippen LogP contribution is -2.27. The molecular formula is C13H18N2O2S. The molecule has 0 saturated heterocycles. The number of thiocarbonyl (C=S) groups is 1. The van der Waals surface area contributed by atoms with E-state index in [-0.39, 0.29) is 0 Å². The first-order valence-corrected chi connectivity index (χ1v) is 6.00. The van der Waals surface area contributed by atoms with Gasteiger partial charge in [-0.3, -0.25) is 5.32 Å². The first kappa shape index (κ1) is 14.4. The van der Waals surface area contributed by atoms with Crippen molar-refractivity contribution in [3.8, 4) is 0 Å². The highest BCUT2D eigenvalue weighted by Crippen LogP contribution is 2.18. The Bertz CT molecular complexity index is 478. The molecule has 0 heterocycles. The number of amides is 1. The van der Waals surface area contributed by atoms with Gasteiger partial charge >= 0.3 is 6.09 Å². The minimum atomic E-state index is -0.529. The van der Waals surface area contributed by atoms with Gasteiger partial charge < -0.3 is 10.5 Å². The number of aryl methyl sites for hydroxylation is 1. The molecule has 1 aromatic rings. The zero-order valence-corrected chi connectivity index (χ0v) is 11.9. The molecule has 0 atom stereocenters. The summed E-state index contributed by atoms with van der Waals surface area (Å²) in [5, 5.41) is 2.69. The standard InChI is InChI=1S/C13H18N2O2S/c1-8-5-6-9(11(14)18)7-10(8)15-12(16)17-13(2,3)4/h5-7H,1-4H3,(H2,14,18)(H,15,16). The highest BCUT2D eigenvalue weighted by molar-refractivity contribution is 7.80. The van der Waals surface area contributed by atoms with E-state index in [1.165, 1.54) is 0 Å². The average Bonchev–Trinajstić information content (AvgIpc) is 2.18. The van der Waals surface area contributed by atoms with Gasteiger partial charge in [-0.15, -0.1) is 0 Å². The largest absolute Gasteiger partial charge is 0.444 e. The SMILES string of the molecule is Cc1ccc(C(N)=S)cc1NC(=O)OC(C)(C)C. The summed E-state index contributed by atoms with van der Waals surface area (Å²) in [7, 11) is 0. The molecule has 1 amide bonds. The number of benzene rings is 1. The van der Waals surface area contributed by atoms with E-state index in [4.69, 9.17) is 22.7 Å². The van der Waals surface area contributed by atoms with Crippen LogP contribution in [0.2, 0.25) is 0 Å². The van der Waals surface area contributed by atoms with Crippen molar-refractivity contribution in [1.82, 2.24) is 0 Å². The quantitative estimate of drug-likeness (QED) is 0.808. The van der Waals surface area contributed by atoms with Crippen LogP contribution in [-0.4, -0.2) is 16.7 Å². The van der Waals surface area contributed by atoms with E-state index in [2.05, 4.69) is 5.32 Å². The molecular weight excluding hydrogens is 248 g/mol. The van der Waals surface area contributed by atoms with E-state index in [1.54, 1.807) is 6.07 Å². The maximum absolute atomic E-state index is 11.7. The lowest BCUT2D eigenvalue weighted by molar-refractivity contribution is 0.0636. The van der Waals surface area contributed by atoms with Crippen LogP contribution < -0.4 is 11.1 Å². The fourth-order valence-electron chi connectivity index (χ4n) is 1.32. The third-order valence-electron chi connectivity index (χ3n) is 2.16. The summed E-state index contributed by atoms with van der Waals surface area (Å²) in [6.07, 6.45) is -0.495. The van der Waals surface area contributed by atoms with Gasteiger partial charge in [-0.25, -0.2) is 4.79 Å². The van der Waals surface area contributed by atoms with Crippen molar-refractivity contribution in [2.75, 3.05) is 5.32 Å². The molecule has 1 aromatic carbocycles. The van der Waals surface area contributed by atoms with E-state index in [0.29, 0.717) is 16.2 Å². The average molecular weight is 266 g/mol. The highest BCUT2D eigenvalue weighted by atomic mass is 32.1. The Labute approximate surface area is 113 Å². The number of anilines is 1. The lowest BCUT2D eigenvalue weighted by atomic mass is 10.1. The fraction of sp³-hybridized carbons (Fsp3) is 0.385. The number of carbonyl (C=O) groups excluding carboxylic acids is 1. The topological polar surface area (TPSA) is 64.3 Å². The van der Waals surface area contributed by atoms with E-state index in [1.807, 2.05) is 39.8 Å². The smallest absolute Gasteiger partial charge is 0.412 e. The molecule has 0 radical (unpaired) electrons. The highest BCUT2D eigenvalue weighted by Gasteiger charge is 2.16.